The molecule has 248 valence electrons. The van der Waals surface area contributed by atoms with Crippen molar-refractivity contribution in [3.8, 4) is 11.5 Å². The number of aryl methyl sites for hydroxylation is 1. The van der Waals surface area contributed by atoms with E-state index in [-0.39, 0.29) is 6.42 Å². The molecule has 0 saturated heterocycles. The van der Waals surface area contributed by atoms with Crippen molar-refractivity contribution in [2.45, 2.75) is 57.4 Å². The van der Waals surface area contributed by atoms with E-state index in [1.807, 2.05) is 58.4 Å². The summed E-state index contributed by atoms with van der Waals surface area (Å²) in [5.74, 6) is 7.68. The predicted molar refractivity (Wildman–Crippen MR) is 203 cm³/mol. The molecule has 0 unspecified atom stereocenters. The largest absolute Gasteiger partial charge is 0.489 e. The number of carboxylic acid groups (broad SMARTS) is 1. The maximum atomic E-state index is 11.0. The highest BCUT2D eigenvalue weighted by molar-refractivity contribution is 8.04. The number of hydrogen-bond acceptors (Lipinski definition) is 9. The van der Waals surface area contributed by atoms with Crippen molar-refractivity contribution >= 4 is 86.3 Å². The number of thioether (sulfide) groups is 4. The average molecular weight is 718 g/mol. The predicted octanol–water partition coefficient (Wildman–Crippen LogP) is 9.07. The van der Waals surface area contributed by atoms with Gasteiger partial charge in [0.25, 0.3) is 5.01 Å². The molecule has 2 aliphatic heterocycles. The third-order valence-electron chi connectivity index (χ3n) is 7.76. The van der Waals surface area contributed by atoms with Gasteiger partial charge >= 0.3 is 5.97 Å². The van der Waals surface area contributed by atoms with Crippen LogP contribution in [-0.2, 0) is 11.3 Å². The van der Waals surface area contributed by atoms with E-state index in [1.54, 1.807) is 0 Å². The molecule has 2 aliphatic rings. The number of rotatable bonds is 10. The lowest BCUT2D eigenvalue weighted by molar-refractivity contribution is -0.669. The molecule has 0 amide bonds. The third kappa shape index (κ3) is 9.81. The number of aliphatic carboxylic acids is 1. The van der Waals surface area contributed by atoms with E-state index in [1.165, 1.54) is 59.4 Å². The molecule has 0 aliphatic carbocycles. The summed E-state index contributed by atoms with van der Waals surface area (Å²) in [6.07, 6.45) is 8.44. The van der Waals surface area contributed by atoms with Crippen LogP contribution in [0.2, 0.25) is 0 Å². The van der Waals surface area contributed by atoms with Crippen LogP contribution in [0.1, 0.15) is 51.0 Å². The number of para-hydroxylation sites is 1. The fourth-order valence-electron chi connectivity index (χ4n) is 5.41. The first kappa shape index (κ1) is 35.4. The molecule has 11 heteroatoms. The van der Waals surface area contributed by atoms with Crippen LogP contribution < -0.4 is 18.9 Å². The zero-order chi connectivity index (χ0) is 32.1. The SMILES string of the molecule is CCC(/C=C1\Sc2cc3c(cc2N1CC)OCCSCCSCCSCCO3)=C\c1sc2ccccc2[n+]1CCCCCC(=O)O. The molecule has 6 nitrogen and oxygen atoms in total. The van der Waals surface area contributed by atoms with Crippen LogP contribution in [0.5, 0.6) is 11.5 Å². The van der Waals surface area contributed by atoms with Crippen molar-refractivity contribution in [3.05, 3.63) is 58.1 Å². The molecule has 0 saturated carbocycles. The number of unbranched alkanes of at least 4 members (excludes halogenated alkanes) is 2. The maximum Gasteiger partial charge on any atom is 0.303 e. The van der Waals surface area contributed by atoms with Crippen molar-refractivity contribution in [2.24, 2.45) is 0 Å². The second kappa shape index (κ2) is 18.6. The van der Waals surface area contributed by atoms with Crippen LogP contribution in [0.15, 0.2) is 58.0 Å². The van der Waals surface area contributed by atoms with E-state index >= 15 is 0 Å². The normalized spacial score (nSPS) is 17.6. The Kier molecular flexibility index (Phi) is 14.3. The number of ether oxygens (including phenoxy) is 2. The number of allylic oxidation sites excluding steroid dienone is 2. The van der Waals surface area contributed by atoms with E-state index in [2.05, 4.69) is 71.9 Å². The minimum atomic E-state index is -0.715. The Labute approximate surface area is 294 Å². The van der Waals surface area contributed by atoms with Gasteiger partial charge in [0, 0.05) is 83.1 Å². The molecule has 3 aromatic rings. The molecule has 46 heavy (non-hydrogen) atoms. The molecule has 0 radical (unpaired) electrons. The number of anilines is 1. The number of nitrogens with zero attached hydrogens (tertiary/aromatic N) is 2. The fourth-order valence-corrected chi connectivity index (χ4v) is 10.7. The Morgan fingerprint density at radius 3 is 2.33 bits per heavy atom. The number of hydrogen-bond donors (Lipinski definition) is 1. The number of aromatic nitrogens is 1. The molecule has 2 aromatic carbocycles. The van der Waals surface area contributed by atoms with Crippen LogP contribution in [-0.4, -0.2) is 65.4 Å². The lowest BCUT2D eigenvalue weighted by Gasteiger charge is -2.20. The summed E-state index contributed by atoms with van der Waals surface area (Å²) in [5.41, 5.74) is 3.71. The molecule has 0 bridgehead atoms. The van der Waals surface area contributed by atoms with E-state index in [4.69, 9.17) is 14.6 Å². The van der Waals surface area contributed by atoms with Gasteiger partial charge in [-0.1, -0.05) is 42.2 Å². The van der Waals surface area contributed by atoms with E-state index in [0.29, 0.717) is 13.2 Å². The van der Waals surface area contributed by atoms with Gasteiger partial charge in [-0.2, -0.15) is 39.9 Å². The molecule has 1 N–H and O–H groups in total. The molecule has 3 heterocycles. The first-order valence-electron chi connectivity index (χ1n) is 16.2. The van der Waals surface area contributed by atoms with Gasteiger partial charge in [0.1, 0.15) is 4.70 Å². The molecular weight excluding hydrogens is 673 g/mol. The highest BCUT2D eigenvalue weighted by atomic mass is 32.2. The lowest BCUT2D eigenvalue weighted by atomic mass is 10.1. The number of fused-ring (bicyclic) bond motifs is 3. The van der Waals surface area contributed by atoms with Gasteiger partial charge in [0.05, 0.1) is 23.9 Å². The molecular formula is C35H45N2O4S5+. The number of carbonyl (C=O) groups is 1. The number of carboxylic acids is 1. The van der Waals surface area contributed by atoms with Crippen LogP contribution in [0, 0.1) is 0 Å². The van der Waals surface area contributed by atoms with Crippen molar-refractivity contribution in [2.75, 3.05) is 59.2 Å². The molecule has 0 fully saturated rings. The number of benzene rings is 2. The number of thiazole rings is 1. The first-order chi connectivity index (χ1) is 22.6. The van der Waals surface area contributed by atoms with E-state index < -0.39 is 5.97 Å². The van der Waals surface area contributed by atoms with Gasteiger partial charge in [-0.3, -0.25) is 4.79 Å². The highest BCUT2D eigenvalue weighted by Crippen LogP contribution is 2.50. The Balaban J connectivity index is 1.38. The summed E-state index contributed by atoms with van der Waals surface area (Å²) < 4.78 is 16.3. The quantitative estimate of drug-likeness (QED) is 0.164. The summed E-state index contributed by atoms with van der Waals surface area (Å²) in [6, 6.07) is 13.0. The molecule has 0 atom stereocenters. The second-order valence-electron chi connectivity index (χ2n) is 11.0. The first-order valence-corrected chi connectivity index (χ1v) is 21.3. The van der Waals surface area contributed by atoms with Gasteiger partial charge in [-0.25, -0.2) is 0 Å². The topological polar surface area (TPSA) is 62.9 Å². The molecule has 0 spiro atoms. The van der Waals surface area contributed by atoms with Crippen molar-refractivity contribution in [3.63, 3.8) is 0 Å². The van der Waals surface area contributed by atoms with Gasteiger partial charge in [0.15, 0.2) is 18.0 Å². The van der Waals surface area contributed by atoms with Crippen molar-refractivity contribution < 1.29 is 23.9 Å². The lowest BCUT2D eigenvalue weighted by Crippen LogP contribution is -2.35. The van der Waals surface area contributed by atoms with Crippen LogP contribution in [0.3, 0.4) is 0 Å². The highest BCUT2D eigenvalue weighted by Gasteiger charge is 2.27. The summed E-state index contributed by atoms with van der Waals surface area (Å²) in [6.45, 7) is 7.54. The van der Waals surface area contributed by atoms with E-state index in [9.17, 15) is 4.79 Å². The van der Waals surface area contributed by atoms with Gasteiger partial charge in [0.2, 0.25) is 5.52 Å². The van der Waals surface area contributed by atoms with Gasteiger partial charge in [-0.05, 0) is 43.9 Å². The van der Waals surface area contributed by atoms with Crippen LogP contribution in [0.4, 0.5) is 5.69 Å². The Morgan fingerprint density at radius 1 is 0.935 bits per heavy atom. The summed E-state index contributed by atoms with van der Waals surface area (Å²) in [7, 11) is 0. The van der Waals surface area contributed by atoms with E-state index in [0.717, 1.165) is 61.8 Å². The van der Waals surface area contributed by atoms with Crippen LogP contribution in [0.25, 0.3) is 16.3 Å². The van der Waals surface area contributed by atoms with Crippen LogP contribution >= 0.6 is 58.4 Å². The minimum Gasteiger partial charge on any atom is -0.489 e. The third-order valence-corrected chi connectivity index (χ3v) is 13.4. The summed E-state index contributed by atoms with van der Waals surface area (Å²) in [4.78, 5) is 14.6. The standard InChI is InChI=1S/C35H44N2O4S5/c1-3-26(23-34-37(13-9-5-6-12-35(38)39)27-10-7-8-11-31(27)45-34)22-33-36(4-2)28-24-29-30(25-32(28)46-33)41-15-17-43-19-21-44-20-18-42-16-14-40-29/h7-8,10-11,22-25H,3-6,9,12-21H2,1-2H3/p+1. The Hall–Kier alpha value is -1.92. The average Bonchev–Trinajstić information content (AvgIpc) is 3.57. The molecule has 5 rings (SSSR count). The zero-order valence-electron chi connectivity index (χ0n) is 26.8. The monoisotopic (exact) mass is 717 g/mol. The molecule has 1 aromatic heterocycles. The van der Waals surface area contributed by atoms with Crippen molar-refractivity contribution in [1.82, 2.24) is 0 Å². The van der Waals surface area contributed by atoms with Gasteiger partial charge in [-0.15, -0.1) is 0 Å². The summed E-state index contributed by atoms with van der Waals surface area (Å²) in [5, 5.41) is 11.5. The van der Waals surface area contributed by atoms with Gasteiger partial charge < -0.3 is 19.5 Å². The van der Waals surface area contributed by atoms with Crippen molar-refractivity contribution in [1.29, 1.82) is 0 Å². The fraction of sp³-hybridized carbons (Fsp3) is 0.486. The minimum absolute atomic E-state index is 0.238. The summed E-state index contributed by atoms with van der Waals surface area (Å²) >= 11 is 9.61. The Bertz CT molecular complexity index is 1520. The second-order valence-corrected chi connectivity index (χ2v) is 16.8. The zero-order valence-corrected chi connectivity index (χ0v) is 30.9. The maximum absolute atomic E-state index is 11.0. The Morgan fingerprint density at radius 2 is 1.63 bits per heavy atom. The smallest absolute Gasteiger partial charge is 0.303 e.